The fourth-order valence-electron chi connectivity index (χ4n) is 1.46. The lowest BCUT2D eigenvalue weighted by atomic mass is 10.3. The van der Waals surface area contributed by atoms with E-state index in [-0.39, 0.29) is 5.76 Å². The van der Waals surface area contributed by atoms with E-state index < -0.39 is 0 Å². The fourth-order valence-corrected chi connectivity index (χ4v) is 1.65. The molecule has 4 nitrogen and oxygen atoms in total. The number of unbranched alkanes of at least 4 members (excludes halogenated alkanes) is 1. The summed E-state index contributed by atoms with van der Waals surface area (Å²) in [6.07, 6.45) is 3.39. The van der Waals surface area contributed by atoms with Crippen molar-refractivity contribution in [2.45, 2.75) is 19.4 Å². The Hall–Kier alpha value is -1.29. The maximum Gasteiger partial charge on any atom is 0.421 e. The molecule has 0 N–H and O–H groups in total. The molecule has 0 atom stereocenters. The molecule has 0 radical (unpaired) electrons. The van der Waals surface area contributed by atoms with Crippen molar-refractivity contribution in [3.8, 4) is 0 Å². The van der Waals surface area contributed by atoms with Crippen LogP contribution in [0.3, 0.4) is 0 Å². The van der Waals surface area contributed by atoms with Gasteiger partial charge in [0.1, 0.15) is 0 Å². The van der Waals surface area contributed by atoms with Crippen LogP contribution in [0, 0.1) is 0 Å². The van der Waals surface area contributed by atoms with E-state index in [1.165, 1.54) is 0 Å². The summed E-state index contributed by atoms with van der Waals surface area (Å²) in [6.45, 7) is 0.607. The Kier molecular flexibility index (Phi) is 3.06. The van der Waals surface area contributed by atoms with Crippen molar-refractivity contribution >= 4 is 22.8 Å². The molecule has 15 heavy (non-hydrogen) atoms. The van der Waals surface area contributed by atoms with E-state index in [4.69, 9.17) is 16.0 Å². The number of pyridine rings is 1. The SMILES string of the molecule is O=c1oc2cccnc2n1CCCCCl. The minimum atomic E-state index is -0.349. The number of aryl methyl sites for hydroxylation is 1. The lowest BCUT2D eigenvalue weighted by Crippen LogP contribution is -2.14. The fraction of sp³-hybridized carbons (Fsp3) is 0.400. The van der Waals surface area contributed by atoms with Crippen LogP contribution >= 0.6 is 11.6 Å². The normalized spacial score (nSPS) is 11.0. The Morgan fingerprint density at radius 1 is 1.47 bits per heavy atom. The molecule has 0 aliphatic heterocycles. The number of hydrogen-bond donors (Lipinski definition) is 0. The quantitative estimate of drug-likeness (QED) is 0.592. The zero-order valence-corrected chi connectivity index (χ0v) is 8.91. The Labute approximate surface area is 91.5 Å². The number of oxazole rings is 1. The Morgan fingerprint density at radius 3 is 3.13 bits per heavy atom. The van der Waals surface area contributed by atoms with Gasteiger partial charge in [0.2, 0.25) is 0 Å². The van der Waals surface area contributed by atoms with Gasteiger partial charge in [-0.1, -0.05) is 0 Å². The number of nitrogens with zero attached hydrogens (tertiary/aromatic N) is 2. The molecule has 0 spiro atoms. The summed E-state index contributed by atoms with van der Waals surface area (Å²) < 4.78 is 6.59. The van der Waals surface area contributed by atoms with Gasteiger partial charge in [0.05, 0.1) is 0 Å². The molecule has 0 fully saturated rings. The van der Waals surface area contributed by atoms with E-state index >= 15 is 0 Å². The highest BCUT2D eigenvalue weighted by Gasteiger charge is 2.08. The average molecular weight is 227 g/mol. The zero-order valence-electron chi connectivity index (χ0n) is 8.15. The molecule has 0 saturated heterocycles. The molecule has 5 heteroatoms. The van der Waals surface area contributed by atoms with Crippen LogP contribution in [0.4, 0.5) is 0 Å². The molecular formula is C10H11ClN2O2. The molecule has 2 aromatic heterocycles. The standard InChI is InChI=1S/C10H11ClN2O2/c11-5-1-2-7-13-9-8(15-10(13)14)4-3-6-12-9/h3-4,6H,1-2,5,7H2. The smallest absolute Gasteiger partial charge is 0.406 e. The Bertz CT molecular complexity index is 503. The number of aromatic nitrogens is 2. The van der Waals surface area contributed by atoms with Crippen LogP contribution in [0.15, 0.2) is 27.5 Å². The molecule has 0 unspecified atom stereocenters. The van der Waals surface area contributed by atoms with E-state index in [2.05, 4.69) is 4.98 Å². The Balaban J connectivity index is 2.33. The highest BCUT2D eigenvalue weighted by molar-refractivity contribution is 6.17. The van der Waals surface area contributed by atoms with Crippen LogP contribution in [0.5, 0.6) is 0 Å². The first kappa shape index (κ1) is 10.2. The minimum Gasteiger partial charge on any atom is -0.406 e. The molecule has 0 amide bonds. The van der Waals surface area contributed by atoms with Gasteiger partial charge in [-0.25, -0.2) is 9.78 Å². The molecule has 0 bridgehead atoms. The summed E-state index contributed by atoms with van der Waals surface area (Å²) in [5.74, 6) is 0.260. The van der Waals surface area contributed by atoms with Crippen molar-refractivity contribution in [3.05, 3.63) is 28.9 Å². The first-order valence-corrected chi connectivity index (χ1v) is 5.36. The minimum absolute atomic E-state index is 0.349. The molecule has 0 aliphatic carbocycles. The van der Waals surface area contributed by atoms with Gasteiger partial charge >= 0.3 is 5.76 Å². The maximum atomic E-state index is 11.5. The lowest BCUT2D eigenvalue weighted by molar-refractivity contribution is 0.496. The third-order valence-electron chi connectivity index (χ3n) is 2.19. The molecule has 2 heterocycles. The summed E-state index contributed by atoms with van der Waals surface area (Å²) in [5.41, 5.74) is 1.14. The van der Waals surface area contributed by atoms with Crippen LogP contribution < -0.4 is 5.76 Å². The summed E-state index contributed by atoms with van der Waals surface area (Å²) in [6, 6.07) is 3.48. The first-order valence-electron chi connectivity index (χ1n) is 4.83. The van der Waals surface area contributed by atoms with Gasteiger partial charge in [-0.3, -0.25) is 4.57 Å². The van der Waals surface area contributed by atoms with Gasteiger partial charge in [-0.15, -0.1) is 11.6 Å². The second-order valence-electron chi connectivity index (χ2n) is 3.24. The van der Waals surface area contributed by atoms with Crippen molar-refractivity contribution in [3.63, 3.8) is 0 Å². The monoisotopic (exact) mass is 226 g/mol. The summed E-state index contributed by atoms with van der Waals surface area (Å²) in [5, 5.41) is 0. The molecule has 0 saturated carbocycles. The van der Waals surface area contributed by atoms with E-state index in [0.717, 1.165) is 12.8 Å². The van der Waals surface area contributed by atoms with Gasteiger partial charge in [-0.2, -0.15) is 0 Å². The van der Waals surface area contributed by atoms with E-state index in [1.807, 2.05) is 0 Å². The molecule has 2 aromatic rings. The van der Waals surface area contributed by atoms with E-state index in [1.54, 1.807) is 22.9 Å². The number of rotatable bonds is 4. The van der Waals surface area contributed by atoms with Gasteiger partial charge in [0.15, 0.2) is 11.2 Å². The van der Waals surface area contributed by atoms with Crippen LogP contribution in [0.25, 0.3) is 11.2 Å². The number of alkyl halides is 1. The number of hydrogen-bond acceptors (Lipinski definition) is 3. The largest absolute Gasteiger partial charge is 0.421 e. The molecule has 80 valence electrons. The molecule has 0 aliphatic rings. The predicted molar refractivity (Wildman–Crippen MR) is 58.2 cm³/mol. The highest BCUT2D eigenvalue weighted by atomic mass is 35.5. The summed E-state index contributed by atoms with van der Waals surface area (Å²) >= 11 is 5.57. The maximum absolute atomic E-state index is 11.5. The van der Waals surface area contributed by atoms with Gasteiger partial charge in [-0.05, 0) is 25.0 Å². The van der Waals surface area contributed by atoms with Crippen LogP contribution in [-0.2, 0) is 6.54 Å². The van der Waals surface area contributed by atoms with Crippen molar-refractivity contribution in [1.29, 1.82) is 0 Å². The van der Waals surface area contributed by atoms with E-state index in [0.29, 0.717) is 23.7 Å². The van der Waals surface area contributed by atoms with Crippen molar-refractivity contribution in [1.82, 2.24) is 9.55 Å². The van der Waals surface area contributed by atoms with Crippen molar-refractivity contribution in [2.75, 3.05) is 5.88 Å². The number of fused-ring (bicyclic) bond motifs is 1. The van der Waals surface area contributed by atoms with Gasteiger partial charge in [0, 0.05) is 18.6 Å². The second kappa shape index (κ2) is 4.49. The van der Waals surface area contributed by atoms with Crippen LogP contribution in [0.1, 0.15) is 12.8 Å². The predicted octanol–water partition coefficient (Wildman–Crippen LogP) is 2.01. The lowest BCUT2D eigenvalue weighted by Gasteiger charge is -1.98. The highest BCUT2D eigenvalue weighted by Crippen LogP contribution is 2.09. The molecular weight excluding hydrogens is 216 g/mol. The third-order valence-corrected chi connectivity index (χ3v) is 2.46. The van der Waals surface area contributed by atoms with Crippen LogP contribution in [0.2, 0.25) is 0 Å². The second-order valence-corrected chi connectivity index (χ2v) is 3.62. The topological polar surface area (TPSA) is 48.0 Å². The number of halogens is 1. The van der Waals surface area contributed by atoms with Crippen molar-refractivity contribution in [2.24, 2.45) is 0 Å². The average Bonchev–Trinajstić information content (AvgIpc) is 2.56. The van der Waals surface area contributed by atoms with Crippen molar-refractivity contribution < 1.29 is 4.42 Å². The van der Waals surface area contributed by atoms with Crippen LogP contribution in [-0.4, -0.2) is 15.4 Å². The summed E-state index contributed by atoms with van der Waals surface area (Å²) in [4.78, 5) is 15.6. The zero-order chi connectivity index (χ0) is 10.7. The van der Waals surface area contributed by atoms with E-state index in [9.17, 15) is 4.79 Å². The third kappa shape index (κ3) is 2.04. The van der Waals surface area contributed by atoms with Gasteiger partial charge in [0.25, 0.3) is 0 Å². The molecule has 2 rings (SSSR count). The molecule has 0 aromatic carbocycles. The first-order chi connectivity index (χ1) is 7.33. The Morgan fingerprint density at radius 2 is 2.33 bits per heavy atom. The van der Waals surface area contributed by atoms with Gasteiger partial charge < -0.3 is 4.42 Å². The summed E-state index contributed by atoms with van der Waals surface area (Å²) in [7, 11) is 0.